The predicted octanol–water partition coefficient (Wildman–Crippen LogP) is 2.53. The highest BCUT2D eigenvalue weighted by atomic mass is 16.7. The molecule has 0 aliphatic carbocycles. The van der Waals surface area contributed by atoms with Crippen molar-refractivity contribution in [1.82, 2.24) is 9.55 Å². The van der Waals surface area contributed by atoms with E-state index in [1.54, 1.807) is 4.57 Å². The van der Waals surface area contributed by atoms with Gasteiger partial charge < -0.3 is 19.2 Å². The molecule has 1 N–H and O–H groups in total. The topological polar surface area (TPSA) is 65.5 Å². The second-order valence-electron chi connectivity index (χ2n) is 5.32. The van der Waals surface area contributed by atoms with Crippen molar-refractivity contribution < 1.29 is 14.2 Å². The standard InChI is InChI=1S/C17H16N2O4/c20-17-18-13-4-1-2-5-14(13)19(17)8-3-9-21-12-6-7-15-16(10-12)23-11-22-15/h1-2,4-7,10H,3,8-9,11H2,(H,18,20). The van der Waals surface area contributed by atoms with Crippen LogP contribution in [0.2, 0.25) is 0 Å². The number of aryl methyl sites for hydroxylation is 1. The van der Waals surface area contributed by atoms with Gasteiger partial charge in [0.2, 0.25) is 6.79 Å². The van der Waals surface area contributed by atoms with Gasteiger partial charge in [-0.2, -0.15) is 0 Å². The third kappa shape index (κ3) is 2.63. The van der Waals surface area contributed by atoms with Crippen molar-refractivity contribution in [2.45, 2.75) is 13.0 Å². The summed E-state index contributed by atoms with van der Waals surface area (Å²) in [6.07, 6.45) is 0.732. The summed E-state index contributed by atoms with van der Waals surface area (Å²) in [5.74, 6) is 2.18. The van der Waals surface area contributed by atoms with E-state index in [4.69, 9.17) is 14.2 Å². The molecule has 6 heteroatoms. The predicted molar refractivity (Wildman–Crippen MR) is 85.2 cm³/mol. The second kappa shape index (κ2) is 5.72. The Morgan fingerprint density at radius 2 is 2.00 bits per heavy atom. The van der Waals surface area contributed by atoms with Gasteiger partial charge in [-0.05, 0) is 30.7 Å². The average molecular weight is 312 g/mol. The Morgan fingerprint density at radius 3 is 2.96 bits per heavy atom. The molecule has 3 aromatic rings. The molecule has 0 saturated carbocycles. The van der Waals surface area contributed by atoms with E-state index in [1.165, 1.54) is 0 Å². The lowest BCUT2D eigenvalue weighted by molar-refractivity contribution is 0.173. The molecule has 23 heavy (non-hydrogen) atoms. The highest BCUT2D eigenvalue weighted by molar-refractivity contribution is 5.74. The van der Waals surface area contributed by atoms with Crippen LogP contribution in [-0.4, -0.2) is 23.0 Å². The Bertz CT molecular complexity index is 897. The van der Waals surface area contributed by atoms with Gasteiger partial charge in [0.1, 0.15) is 5.75 Å². The Hall–Kier alpha value is -2.89. The van der Waals surface area contributed by atoms with E-state index in [9.17, 15) is 4.79 Å². The van der Waals surface area contributed by atoms with E-state index in [0.29, 0.717) is 18.9 Å². The first-order chi connectivity index (χ1) is 11.3. The summed E-state index contributed by atoms with van der Waals surface area (Å²) in [5, 5.41) is 0. The zero-order chi connectivity index (χ0) is 15.6. The van der Waals surface area contributed by atoms with E-state index < -0.39 is 0 Å². The summed E-state index contributed by atoms with van der Waals surface area (Å²) < 4.78 is 18.0. The number of aromatic amines is 1. The molecule has 0 atom stereocenters. The Labute approximate surface area is 132 Å². The first-order valence-electron chi connectivity index (χ1n) is 7.51. The summed E-state index contributed by atoms with van der Waals surface area (Å²) in [7, 11) is 0. The van der Waals surface area contributed by atoms with Crippen molar-refractivity contribution >= 4 is 11.0 Å². The van der Waals surface area contributed by atoms with Crippen LogP contribution in [0.4, 0.5) is 0 Å². The maximum Gasteiger partial charge on any atom is 0.326 e. The lowest BCUT2D eigenvalue weighted by Gasteiger charge is -2.07. The third-order valence-corrected chi connectivity index (χ3v) is 3.82. The monoisotopic (exact) mass is 312 g/mol. The van der Waals surface area contributed by atoms with Crippen LogP contribution in [0.15, 0.2) is 47.3 Å². The van der Waals surface area contributed by atoms with Gasteiger partial charge in [0.15, 0.2) is 11.5 Å². The Kier molecular flexibility index (Phi) is 3.42. The highest BCUT2D eigenvalue weighted by Crippen LogP contribution is 2.35. The van der Waals surface area contributed by atoms with Crippen molar-refractivity contribution in [3.05, 3.63) is 52.9 Å². The second-order valence-corrected chi connectivity index (χ2v) is 5.32. The van der Waals surface area contributed by atoms with Crippen LogP contribution in [0.1, 0.15) is 6.42 Å². The molecular formula is C17H16N2O4. The van der Waals surface area contributed by atoms with Crippen LogP contribution in [-0.2, 0) is 6.54 Å². The minimum Gasteiger partial charge on any atom is -0.493 e. The van der Waals surface area contributed by atoms with Crippen molar-refractivity contribution in [2.24, 2.45) is 0 Å². The first-order valence-corrected chi connectivity index (χ1v) is 7.51. The van der Waals surface area contributed by atoms with Crippen molar-refractivity contribution in [1.29, 1.82) is 0 Å². The van der Waals surface area contributed by atoms with E-state index in [-0.39, 0.29) is 12.5 Å². The number of nitrogens with one attached hydrogen (secondary N) is 1. The maximum atomic E-state index is 12.0. The zero-order valence-corrected chi connectivity index (χ0v) is 12.5. The molecule has 4 rings (SSSR count). The zero-order valence-electron chi connectivity index (χ0n) is 12.5. The fourth-order valence-electron chi connectivity index (χ4n) is 2.71. The summed E-state index contributed by atoms with van der Waals surface area (Å²) in [6, 6.07) is 13.2. The minimum atomic E-state index is -0.0886. The minimum absolute atomic E-state index is 0.0886. The lowest BCUT2D eigenvalue weighted by atomic mass is 10.3. The normalized spacial score (nSPS) is 12.7. The van der Waals surface area contributed by atoms with Gasteiger partial charge in [0.25, 0.3) is 0 Å². The van der Waals surface area contributed by atoms with E-state index >= 15 is 0 Å². The van der Waals surface area contributed by atoms with Crippen LogP contribution < -0.4 is 19.9 Å². The molecule has 118 valence electrons. The molecule has 0 fully saturated rings. The molecule has 0 amide bonds. The van der Waals surface area contributed by atoms with Crippen LogP contribution in [0.25, 0.3) is 11.0 Å². The van der Waals surface area contributed by atoms with E-state index in [2.05, 4.69) is 4.98 Å². The molecule has 0 spiro atoms. The number of para-hydroxylation sites is 2. The van der Waals surface area contributed by atoms with Gasteiger partial charge in [-0.15, -0.1) is 0 Å². The number of fused-ring (bicyclic) bond motifs is 2. The number of imidazole rings is 1. The molecule has 6 nitrogen and oxygen atoms in total. The van der Waals surface area contributed by atoms with E-state index in [0.717, 1.165) is 29.0 Å². The summed E-state index contributed by atoms with van der Waals surface area (Å²) in [5.41, 5.74) is 1.68. The molecule has 0 saturated heterocycles. The fourth-order valence-corrected chi connectivity index (χ4v) is 2.71. The molecule has 1 aliphatic heterocycles. The largest absolute Gasteiger partial charge is 0.493 e. The number of H-pyrrole nitrogens is 1. The smallest absolute Gasteiger partial charge is 0.326 e. The maximum absolute atomic E-state index is 12.0. The third-order valence-electron chi connectivity index (χ3n) is 3.82. The fraction of sp³-hybridized carbons (Fsp3) is 0.235. The van der Waals surface area contributed by atoms with Crippen LogP contribution in [0, 0.1) is 0 Å². The van der Waals surface area contributed by atoms with Crippen molar-refractivity contribution in [3.8, 4) is 17.2 Å². The first kappa shape index (κ1) is 13.8. The summed E-state index contributed by atoms with van der Waals surface area (Å²) in [6.45, 7) is 1.38. The Balaban J connectivity index is 1.38. The number of hydrogen-bond donors (Lipinski definition) is 1. The number of hydrogen-bond acceptors (Lipinski definition) is 4. The number of rotatable bonds is 5. The number of ether oxygens (including phenoxy) is 3. The van der Waals surface area contributed by atoms with Crippen molar-refractivity contribution in [3.63, 3.8) is 0 Å². The molecule has 0 unspecified atom stereocenters. The van der Waals surface area contributed by atoms with Crippen LogP contribution >= 0.6 is 0 Å². The molecule has 0 radical (unpaired) electrons. The van der Waals surface area contributed by atoms with E-state index in [1.807, 2.05) is 42.5 Å². The Morgan fingerprint density at radius 1 is 1.13 bits per heavy atom. The van der Waals surface area contributed by atoms with Crippen LogP contribution in [0.5, 0.6) is 17.2 Å². The molecule has 1 aliphatic rings. The van der Waals surface area contributed by atoms with Crippen LogP contribution in [0.3, 0.4) is 0 Å². The highest BCUT2D eigenvalue weighted by Gasteiger charge is 2.13. The number of aromatic nitrogens is 2. The molecule has 2 aromatic carbocycles. The summed E-state index contributed by atoms with van der Waals surface area (Å²) >= 11 is 0. The quantitative estimate of drug-likeness (QED) is 0.735. The van der Waals surface area contributed by atoms with Crippen molar-refractivity contribution in [2.75, 3.05) is 13.4 Å². The number of benzene rings is 2. The molecule has 0 bridgehead atoms. The average Bonchev–Trinajstić information content (AvgIpc) is 3.15. The van der Waals surface area contributed by atoms with Gasteiger partial charge >= 0.3 is 5.69 Å². The molecule has 2 heterocycles. The van der Waals surface area contributed by atoms with Gasteiger partial charge in [-0.1, -0.05) is 12.1 Å². The lowest BCUT2D eigenvalue weighted by Crippen LogP contribution is -2.18. The van der Waals surface area contributed by atoms with Gasteiger partial charge in [-0.3, -0.25) is 4.57 Å². The van der Waals surface area contributed by atoms with Gasteiger partial charge in [-0.25, -0.2) is 4.79 Å². The molecule has 1 aromatic heterocycles. The SMILES string of the molecule is O=c1[nH]c2ccccc2n1CCCOc1ccc2c(c1)OCO2. The molecular weight excluding hydrogens is 296 g/mol. The summed E-state index contributed by atoms with van der Waals surface area (Å²) in [4.78, 5) is 14.8. The van der Waals surface area contributed by atoms with Gasteiger partial charge in [0, 0.05) is 12.6 Å². The number of nitrogens with zero attached hydrogens (tertiary/aromatic N) is 1. The van der Waals surface area contributed by atoms with Gasteiger partial charge in [0.05, 0.1) is 17.6 Å².